The van der Waals surface area contributed by atoms with Crippen LogP contribution in [-0.2, 0) is 13.1 Å². The zero-order valence-electron chi connectivity index (χ0n) is 14.8. The van der Waals surface area contributed by atoms with Gasteiger partial charge in [0.1, 0.15) is 0 Å². The Balaban J connectivity index is 1.80. The van der Waals surface area contributed by atoms with E-state index < -0.39 is 0 Å². The number of likely N-dealkylation sites (N-methyl/N-ethyl adjacent to an activating group) is 1. The van der Waals surface area contributed by atoms with E-state index in [1.807, 2.05) is 13.8 Å². The molecule has 122 valence electrons. The van der Waals surface area contributed by atoms with E-state index in [1.54, 1.807) is 0 Å². The van der Waals surface area contributed by atoms with Crippen molar-refractivity contribution in [2.45, 2.75) is 60.2 Å². The van der Waals surface area contributed by atoms with Crippen molar-refractivity contribution in [1.29, 1.82) is 0 Å². The first-order valence-corrected chi connectivity index (χ1v) is 8.09. The number of aromatic nitrogens is 4. The number of hydrogen-bond acceptors (Lipinski definition) is 3. The monoisotopic (exact) mass is 303 g/mol. The molecule has 0 amide bonds. The van der Waals surface area contributed by atoms with Gasteiger partial charge in [0.15, 0.2) is 0 Å². The van der Waals surface area contributed by atoms with Crippen molar-refractivity contribution in [3.8, 4) is 0 Å². The van der Waals surface area contributed by atoms with Crippen molar-refractivity contribution >= 4 is 0 Å². The molecule has 22 heavy (non-hydrogen) atoms. The van der Waals surface area contributed by atoms with Crippen molar-refractivity contribution in [3.63, 3.8) is 0 Å². The van der Waals surface area contributed by atoms with Crippen LogP contribution in [0.1, 0.15) is 36.1 Å². The lowest BCUT2D eigenvalue weighted by Crippen LogP contribution is -2.34. The maximum Gasteiger partial charge on any atom is 0.0596 e. The second-order valence-electron chi connectivity index (χ2n) is 6.44. The summed E-state index contributed by atoms with van der Waals surface area (Å²) < 4.78 is 4.21. The molecule has 0 N–H and O–H groups in total. The molecule has 0 aliphatic carbocycles. The number of aryl methyl sites for hydroxylation is 5. The summed E-state index contributed by atoms with van der Waals surface area (Å²) >= 11 is 0. The second kappa shape index (κ2) is 7.09. The molecule has 0 saturated heterocycles. The minimum absolute atomic E-state index is 0.471. The van der Waals surface area contributed by atoms with Crippen LogP contribution < -0.4 is 0 Å². The maximum atomic E-state index is 4.55. The van der Waals surface area contributed by atoms with Crippen LogP contribution >= 0.6 is 0 Å². The molecule has 2 aromatic heterocycles. The second-order valence-corrected chi connectivity index (χ2v) is 6.44. The fourth-order valence-corrected chi connectivity index (χ4v) is 2.84. The predicted octanol–water partition coefficient (Wildman–Crippen LogP) is 2.72. The van der Waals surface area contributed by atoms with Gasteiger partial charge in [-0.25, -0.2) is 0 Å². The van der Waals surface area contributed by atoms with Crippen molar-refractivity contribution in [2.75, 3.05) is 13.6 Å². The molecule has 5 heteroatoms. The Bertz CT molecular complexity index is 611. The lowest BCUT2D eigenvalue weighted by molar-refractivity contribution is 0.221. The normalized spacial score (nSPS) is 13.0. The van der Waals surface area contributed by atoms with Gasteiger partial charge in [-0.05, 0) is 66.8 Å². The van der Waals surface area contributed by atoms with Crippen LogP contribution in [0.5, 0.6) is 0 Å². The largest absolute Gasteiger partial charge is 0.302 e. The van der Waals surface area contributed by atoms with Crippen LogP contribution in [-0.4, -0.2) is 44.1 Å². The van der Waals surface area contributed by atoms with Crippen molar-refractivity contribution in [3.05, 3.63) is 34.9 Å². The van der Waals surface area contributed by atoms with E-state index in [9.17, 15) is 0 Å². The zero-order chi connectivity index (χ0) is 16.3. The number of rotatable bonds is 7. The molecule has 0 bridgehead atoms. The van der Waals surface area contributed by atoms with Crippen LogP contribution in [0.4, 0.5) is 0 Å². The Morgan fingerprint density at radius 1 is 1.00 bits per heavy atom. The zero-order valence-corrected chi connectivity index (χ0v) is 14.8. The molecule has 0 radical (unpaired) electrons. The minimum Gasteiger partial charge on any atom is -0.302 e. The van der Waals surface area contributed by atoms with Gasteiger partial charge in [-0.2, -0.15) is 10.2 Å². The van der Waals surface area contributed by atoms with Gasteiger partial charge in [-0.15, -0.1) is 0 Å². The van der Waals surface area contributed by atoms with Crippen LogP contribution in [0.2, 0.25) is 0 Å². The van der Waals surface area contributed by atoms with E-state index in [1.165, 1.54) is 11.4 Å². The van der Waals surface area contributed by atoms with Gasteiger partial charge in [0, 0.05) is 24.0 Å². The van der Waals surface area contributed by atoms with E-state index in [0.29, 0.717) is 6.04 Å². The van der Waals surface area contributed by atoms with Crippen molar-refractivity contribution in [2.24, 2.45) is 0 Å². The first-order chi connectivity index (χ1) is 10.4. The van der Waals surface area contributed by atoms with Crippen molar-refractivity contribution < 1.29 is 0 Å². The maximum absolute atomic E-state index is 4.55. The predicted molar refractivity (Wildman–Crippen MR) is 90.1 cm³/mol. The molecule has 5 nitrogen and oxygen atoms in total. The van der Waals surface area contributed by atoms with E-state index in [-0.39, 0.29) is 0 Å². The molecular formula is C17H29N5. The molecule has 2 heterocycles. The molecule has 1 atom stereocenters. The topological polar surface area (TPSA) is 38.9 Å². The Labute approximate surface area is 133 Å². The van der Waals surface area contributed by atoms with Crippen LogP contribution in [0.3, 0.4) is 0 Å². The third-order valence-corrected chi connectivity index (χ3v) is 4.28. The van der Waals surface area contributed by atoms with Crippen LogP contribution in [0.25, 0.3) is 0 Å². The van der Waals surface area contributed by atoms with E-state index in [4.69, 9.17) is 0 Å². The molecule has 0 unspecified atom stereocenters. The quantitative estimate of drug-likeness (QED) is 0.789. The Kier molecular flexibility index (Phi) is 5.40. The van der Waals surface area contributed by atoms with Gasteiger partial charge in [-0.1, -0.05) is 0 Å². The van der Waals surface area contributed by atoms with Gasteiger partial charge < -0.3 is 4.90 Å². The summed E-state index contributed by atoms with van der Waals surface area (Å²) in [7, 11) is 2.19. The van der Waals surface area contributed by atoms with Gasteiger partial charge in [0.05, 0.1) is 17.9 Å². The summed E-state index contributed by atoms with van der Waals surface area (Å²) in [5, 5.41) is 9.07. The summed E-state index contributed by atoms with van der Waals surface area (Å²) in [4.78, 5) is 2.40. The molecule has 0 aliphatic heterocycles. The average Bonchev–Trinajstić information content (AvgIpc) is 2.91. The lowest BCUT2D eigenvalue weighted by atomic mass is 10.2. The summed E-state index contributed by atoms with van der Waals surface area (Å²) in [6.45, 7) is 13.6. The first-order valence-electron chi connectivity index (χ1n) is 8.09. The molecule has 2 aromatic rings. The fourth-order valence-electron chi connectivity index (χ4n) is 2.84. The summed E-state index contributed by atoms with van der Waals surface area (Å²) in [5.41, 5.74) is 4.68. The highest BCUT2D eigenvalue weighted by molar-refractivity contribution is 5.07. The highest BCUT2D eigenvalue weighted by Crippen LogP contribution is 2.07. The van der Waals surface area contributed by atoms with E-state index in [0.717, 1.165) is 37.4 Å². The molecule has 0 spiro atoms. The van der Waals surface area contributed by atoms with Gasteiger partial charge in [0.25, 0.3) is 0 Å². The average molecular weight is 303 g/mol. The minimum atomic E-state index is 0.471. The standard InChI is InChI=1S/C17H29N5/c1-13-10-15(3)21(18-13)9-7-8-20(6)17(5)12-22-16(4)11-14(2)19-22/h10-11,17H,7-9,12H2,1-6H3/t17-/m0/s1. The highest BCUT2D eigenvalue weighted by Gasteiger charge is 2.12. The van der Waals surface area contributed by atoms with Crippen LogP contribution in [0, 0.1) is 27.7 Å². The Hall–Kier alpha value is -1.62. The Morgan fingerprint density at radius 2 is 1.55 bits per heavy atom. The lowest BCUT2D eigenvalue weighted by Gasteiger charge is -2.25. The van der Waals surface area contributed by atoms with Crippen LogP contribution in [0.15, 0.2) is 12.1 Å². The van der Waals surface area contributed by atoms with E-state index >= 15 is 0 Å². The molecule has 0 saturated carbocycles. The Morgan fingerprint density at radius 3 is 2.05 bits per heavy atom. The first kappa shape index (κ1) is 16.7. The third kappa shape index (κ3) is 4.19. The SMILES string of the molecule is Cc1cc(C)n(CCCN(C)[C@@H](C)Cn2nc(C)cc2C)n1. The fraction of sp³-hybridized carbons (Fsp3) is 0.647. The number of nitrogens with zero attached hydrogens (tertiary/aromatic N) is 5. The van der Waals surface area contributed by atoms with E-state index in [2.05, 4.69) is 64.4 Å². The van der Waals surface area contributed by atoms with Gasteiger partial charge in [-0.3, -0.25) is 9.36 Å². The summed E-state index contributed by atoms with van der Waals surface area (Å²) in [6.07, 6.45) is 1.11. The van der Waals surface area contributed by atoms with Gasteiger partial charge >= 0.3 is 0 Å². The highest BCUT2D eigenvalue weighted by atomic mass is 15.3. The third-order valence-electron chi connectivity index (χ3n) is 4.28. The summed E-state index contributed by atoms with van der Waals surface area (Å²) in [6, 6.07) is 4.74. The number of hydrogen-bond donors (Lipinski definition) is 0. The molecular weight excluding hydrogens is 274 g/mol. The molecule has 2 rings (SSSR count). The van der Waals surface area contributed by atoms with Gasteiger partial charge in [0.2, 0.25) is 0 Å². The van der Waals surface area contributed by atoms with Crippen molar-refractivity contribution in [1.82, 2.24) is 24.5 Å². The molecule has 0 aliphatic rings. The molecule has 0 aromatic carbocycles. The summed E-state index contributed by atoms with van der Waals surface area (Å²) in [5.74, 6) is 0. The molecule has 0 fully saturated rings. The smallest absolute Gasteiger partial charge is 0.0596 e.